The van der Waals surface area contributed by atoms with Crippen molar-refractivity contribution in [2.75, 3.05) is 6.54 Å². The summed E-state index contributed by atoms with van der Waals surface area (Å²) < 4.78 is 0.972. The Morgan fingerprint density at radius 2 is 2.18 bits per heavy atom. The molecule has 0 bridgehead atoms. The van der Waals surface area contributed by atoms with Gasteiger partial charge in [0.2, 0.25) is 0 Å². The topological polar surface area (TPSA) is 57.6 Å². The Morgan fingerprint density at radius 3 is 2.82 bits per heavy atom. The van der Waals surface area contributed by atoms with Crippen molar-refractivity contribution in [3.05, 3.63) is 33.4 Å². The number of likely N-dealkylation sites (tertiary alicyclic amines) is 1. The second kappa shape index (κ2) is 5.03. The number of carbonyl (C=O) groups excluding carboxylic acids is 1. The van der Waals surface area contributed by atoms with Crippen LogP contribution in [0.4, 0.5) is 0 Å². The summed E-state index contributed by atoms with van der Waals surface area (Å²) in [7, 11) is 0. The van der Waals surface area contributed by atoms with Crippen LogP contribution in [0.15, 0.2) is 24.3 Å². The zero-order valence-electron chi connectivity index (χ0n) is 9.10. The minimum atomic E-state index is -0.915. The van der Waals surface area contributed by atoms with E-state index >= 15 is 0 Å². The van der Waals surface area contributed by atoms with Crippen molar-refractivity contribution < 1.29 is 14.7 Å². The maximum atomic E-state index is 12.2. The average Bonchev–Trinajstić information content (AvgIpc) is 2.77. The summed E-state index contributed by atoms with van der Waals surface area (Å²) in [6.45, 7) is 0.529. The number of benzene rings is 1. The van der Waals surface area contributed by atoms with Gasteiger partial charge >= 0.3 is 5.97 Å². The van der Waals surface area contributed by atoms with Crippen LogP contribution in [0.2, 0.25) is 0 Å². The van der Waals surface area contributed by atoms with Crippen molar-refractivity contribution in [3.63, 3.8) is 0 Å². The van der Waals surface area contributed by atoms with Gasteiger partial charge in [0.15, 0.2) is 0 Å². The van der Waals surface area contributed by atoms with Crippen LogP contribution in [0.1, 0.15) is 23.2 Å². The van der Waals surface area contributed by atoms with Crippen LogP contribution in [-0.2, 0) is 4.79 Å². The lowest BCUT2D eigenvalue weighted by molar-refractivity contribution is -0.141. The van der Waals surface area contributed by atoms with Crippen LogP contribution in [0.25, 0.3) is 0 Å². The number of rotatable bonds is 2. The van der Waals surface area contributed by atoms with Gasteiger partial charge in [0.25, 0.3) is 5.91 Å². The third kappa shape index (κ3) is 2.59. The van der Waals surface area contributed by atoms with Gasteiger partial charge in [-0.1, -0.05) is 6.07 Å². The third-order valence-corrected chi connectivity index (χ3v) is 3.54. The largest absolute Gasteiger partial charge is 0.480 e. The monoisotopic (exact) mass is 345 g/mol. The van der Waals surface area contributed by atoms with E-state index in [2.05, 4.69) is 22.6 Å². The summed E-state index contributed by atoms with van der Waals surface area (Å²) in [6.07, 6.45) is 1.30. The van der Waals surface area contributed by atoms with Gasteiger partial charge in [-0.15, -0.1) is 0 Å². The highest BCUT2D eigenvalue weighted by atomic mass is 127. The number of carboxylic acid groups (broad SMARTS) is 1. The van der Waals surface area contributed by atoms with Gasteiger partial charge in [0.05, 0.1) is 0 Å². The molecule has 2 rings (SSSR count). The van der Waals surface area contributed by atoms with Gasteiger partial charge in [-0.25, -0.2) is 4.79 Å². The minimum Gasteiger partial charge on any atom is -0.480 e. The van der Waals surface area contributed by atoms with Gasteiger partial charge < -0.3 is 10.0 Å². The molecule has 0 aliphatic carbocycles. The lowest BCUT2D eigenvalue weighted by Gasteiger charge is -2.21. The Morgan fingerprint density at radius 1 is 1.41 bits per heavy atom. The smallest absolute Gasteiger partial charge is 0.326 e. The molecule has 90 valence electrons. The molecule has 1 saturated heterocycles. The normalized spacial score (nSPS) is 19.4. The van der Waals surface area contributed by atoms with Gasteiger partial charge in [-0.3, -0.25) is 4.79 Å². The molecule has 1 atom stereocenters. The van der Waals surface area contributed by atoms with E-state index in [0.29, 0.717) is 18.5 Å². The van der Waals surface area contributed by atoms with Crippen molar-refractivity contribution in [2.24, 2.45) is 0 Å². The number of aliphatic carboxylic acids is 1. The highest BCUT2D eigenvalue weighted by molar-refractivity contribution is 14.1. The summed E-state index contributed by atoms with van der Waals surface area (Å²) in [6, 6.07) is 6.54. The highest BCUT2D eigenvalue weighted by Gasteiger charge is 2.34. The summed E-state index contributed by atoms with van der Waals surface area (Å²) in [5, 5.41) is 9.04. The number of nitrogens with zero attached hydrogens (tertiary/aromatic N) is 1. The zero-order chi connectivity index (χ0) is 12.4. The van der Waals surface area contributed by atoms with Crippen LogP contribution >= 0.6 is 22.6 Å². The lowest BCUT2D eigenvalue weighted by atomic mass is 10.1. The molecule has 1 aliphatic heterocycles. The second-order valence-corrected chi connectivity index (χ2v) is 5.25. The van der Waals surface area contributed by atoms with Gasteiger partial charge in [0.1, 0.15) is 6.04 Å². The summed E-state index contributed by atoms with van der Waals surface area (Å²) in [5.41, 5.74) is 0.560. The van der Waals surface area contributed by atoms with Crippen molar-refractivity contribution in [1.29, 1.82) is 0 Å². The molecule has 0 radical (unpaired) electrons. The highest BCUT2D eigenvalue weighted by Crippen LogP contribution is 2.21. The second-order valence-electron chi connectivity index (χ2n) is 4.01. The molecule has 5 heteroatoms. The van der Waals surface area contributed by atoms with Gasteiger partial charge in [0, 0.05) is 15.7 Å². The fourth-order valence-corrected chi connectivity index (χ4v) is 2.60. The van der Waals surface area contributed by atoms with Gasteiger partial charge in [-0.2, -0.15) is 0 Å². The molecule has 1 aliphatic rings. The summed E-state index contributed by atoms with van der Waals surface area (Å²) in [5.74, 6) is -1.10. The van der Waals surface area contributed by atoms with E-state index in [1.165, 1.54) is 4.90 Å². The molecular weight excluding hydrogens is 333 g/mol. The van der Waals surface area contributed by atoms with Crippen LogP contribution < -0.4 is 0 Å². The lowest BCUT2D eigenvalue weighted by Crippen LogP contribution is -2.40. The Kier molecular flexibility index (Phi) is 3.66. The Hall–Kier alpha value is -1.11. The van der Waals surface area contributed by atoms with Gasteiger partial charge in [-0.05, 0) is 53.6 Å². The first kappa shape index (κ1) is 12.3. The number of amides is 1. The SMILES string of the molecule is O=C(O)C1CCCN1C(=O)c1cccc(I)c1. The molecule has 17 heavy (non-hydrogen) atoms. The standard InChI is InChI=1S/C12H12INO3/c13-9-4-1-3-8(7-9)11(15)14-6-2-5-10(14)12(16)17/h1,3-4,7,10H,2,5-6H2,(H,16,17). The van der Waals surface area contributed by atoms with E-state index < -0.39 is 12.0 Å². The van der Waals surface area contributed by atoms with E-state index in [0.717, 1.165) is 9.99 Å². The van der Waals surface area contributed by atoms with Crippen molar-refractivity contribution in [2.45, 2.75) is 18.9 Å². The zero-order valence-corrected chi connectivity index (χ0v) is 11.3. The van der Waals surface area contributed by atoms with E-state index in [1.807, 2.05) is 6.07 Å². The van der Waals surface area contributed by atoms with Crippen molar-refractivity contribution in [3.8, 4) is 0 Å². The molecule has 4 nitrogen and oxygen atoms in total. The molecule has 1 fully saturated rings. The quantitative estimate of drug-likeness (QED) is 0.834. The van der Waals surface area contributed by atoms with E-state index in [4.69, 9.17) is 5.11 Å². The molecule has 1 amide bonds. The minimum absolute atomic E-state index is 0.187. The third-order valence-electron chi connectivity index (χ3n) is 2.87. The Balaban J connectivity index is 2.23. The molecule has 1 aromatic carbocycles. The first-order valence-corrected chi connectivity index (χ1v) is 6.47. The number of hydrogen-bond donors (Lipinski definition) is 1. The molecule has 1 aromatic rings. The van der Waals surface area contributed by atoms with Crippen LogP contribution in [0, 0.1) is 3.57 Å². The molecule has 1 N–H and O–H groups in total. The molecule has 0 aromatic heterocycles. The van der Waals surface area contributed by atoms with Crippen LogP contribution in [0.3, 0.4) is 0 Å². The maximum Gasteiger partial charge on any atom is 0.326 e. The number of halogens is 1. The fraction of sp³-hybridized carbons (Fsp3) is 0.333. The molecule has 0 spiro atoms. The Labute approximate surface area is 113 Å². The summed E-state index contributed by atoms with van der Waals surface area (Å²) >= 11 is 2.13. The van der Waals surface area contributed by atoms with E-state index in [-0.39, 0.29) is 5.91 Å². The maximum absolute atomic E-state index is 12.2. The fourth-order valence-electron chi connectivity index (χ4n) is 2.05. The molecule has 0 saturated carbocycles. The summed E-state index contributed by atoms with van der Waals surface area (Å²) in [4.78, 5) is 24.6. The number of hydrogen-bond acceptors (Lipinski definition) is 2. The first-order chi connectivity index (χ1) is 8.09. The van der Waals surface area contributed by atoms with Crippen molar-refractivity contribution in [1.82, 2.24) is 4.90 Å². The molecular formula is C12H12INO3. The Bertz CT molecular complexity index is 461. The first-order valence-electron chi connectivity index (χ1n) is 5.39. The van der Waals surface area contributed by atoms with Crippen molar-refractivity contribution >= 4 is 34.5 Å². The molecule has 1 unspecified atom stereocenters. The van der Waals surface area contributed by atoms with E-state index in [1.54, 1.807) is 18.2 Å². The predicted octanol–water partition coefficient (Wildman–Crippen LogP) is 1.98. The van der Waals surface area contributed by atoms with E-state index in [9.17, 15) is 9.59 Å². The molecule has 1 heterocycles. The average molecular weight is 345 g/mol. The predicted molar refractivity (Wildman–Crippen MR) is 70.9 cm³/mol. The number of carbonyl (C=O) groups is 2. The van der Waals surface area contributed by atoms with Crippen LogP contribution in [0.5, 0.6) is 0 Å². The number of carboxylic acids is 1. The van der Waals surface area contributed by atoms with Crippen LogP contribution in [-0.4, -0.2) is 34.5 Å².